The lowest BCUT2D eigenvalue weighted by Gasteiger charge is -2.35. The van der Waals surface area contributed by atoms with E-state index in [2.05, 4.69) is 179 Å². The zero-order valence-electron chi connectivity index (χ0n) is 27.1. The van der Waals surface area contributed by atoms with Crippen LogP contribution in [0.25, 0.3) is 60.6 Å². The second kappa shape index (κ2) is 10.5. The highest BCUT2D eigenvalue weighted by Crippen LogP contribution is 2.62. The van der Waals surface area contributed by atoms with E-state index in [0.29, 0.717) is 5.95 Å². The summed E-state index contributed by atoms with van der Waals surface area (Å²) in [5.74, 6) is 0.794. The molecule has 4 nitrogen and oxygen atoms in total. The van der Waals surface area contributed by atoms with Crippen molar-refractivity contribution >= 4 is 44.2 Å². The molecule has 0 saturated carbocycles. The Hall–Kier alpha value is -6.52. The fourth-order valence-corrected chi connectivity index (χ4v) is 8.69. The minimum absolute atomic E-state index is 0.0841. The van der Waals surface area contributed by atoms with Crippen LogP contribution in [-0.4, -0.2) is 14.5 Å². The maximum atomic E-state index is 5.54. The molecule has 1 aliphatic carbocycles. The van der Waals surface area contributed by atoms with Crippen LogP contribution in [0.15, 0.2) is 170 Å². The van der Waals surface area contributed by atoms with Crippen molar-refractivity contribution in [2.75, 3.05) is 4.90 Å². The molecular formula is C46H30N4. The summed E-state index contributed by atoms with van der Waals surface area (Å²) in [6.45, 7) is 0. The lowest BCUT2D eigenvalue weighted by Crippen LogP contribution is -2.29. The van der Waals surface area contributed by atoms with Crippen molar-refractivity contribution in [2.24, 2.45) is 0 Å². The summed E-state index contributed by atoms with van der Waals surface area (Å²) in [5, 5.41) is 4.71. The van der Waals surface area contributed by atoms with Gasteiger partial charge in [0.2, 0.25) is 5.95 Å². The predicted molar refractivity (Wildman–Crippen MR) is 204 cm³/mol. The second-order valence-corrected chi connectivity index (χ2v) is 13.3. The molecule has 0 amide bonds. The van der Waals surface area contributed by atoms with Crippen LogP contribution in [0.1, 0.15) is 28.8 Å². The minimum atomic E-state index is -0.0875. The topological polar surface area (TPSA) is 34.0 Å². The molecule has 2 unspecified atom stereocenters. The molecule has 0 spiro atoms. The lowest BCUT2D eigenvalue weighted by atomic mass is 9.76. The van der Waals surface area contributed by atoms with Gasteiger partial charge in [0.05, 0.1) is 28.5 Å². The van der Waals surface area contributed by atoms with E-state index < -0.39 is 0 Å². The number of hydrogen-bond donors (Lipinski definition) is 0. The molecular weight excluding hydrogens is 609 g/mol. The summed E-state index contributed by atoms with van der Waals surface area (Å²) >= 11 is 0. The number of anilines is 2. The van der Waals surface area contributed by atoms with Crippen LogP contribution in [0.5, 0.6) is 0 Å². The van der Waals surface area contributed by atoms with Crippen molar-refractivity contribution in [1.29, 1.82) is 0 Å². The van der Waals surface area contributed by atoms with Crippen LogP contribution < -0.4 is 4.90 Å². The third kappa shape index (κ3) is 3.81. The van der Waals surface area contributed by atoms with Gasteiger partial charge < -0.3 is 9.47 Å². The van der Waals surface area contributed by atoms with Crippen molar-refractivity contribution in [2.45, 2.75) is 12.0 Å². The molecule has 50 heavy (non-hydrogen) atoms. The van der Waals surface area contributed by atoms with Crippen molar-refractivity contribution in [1.82, 2.24) is 14.5 Å². The van der Waals surface area contributed by atoms with Crippen LogP contribution in [0.3, 0.4) is 0 Å². The van der Waals surface area contributed by atoms with Gasteiger partial charge in [-0.25, -0.2) is 9.97 Å². The van der Waals surface area contributed by atoms with E-state index in [4.69, 9.17) is 9.97 Å². The third-order valence-corrected chi connectivity index (χ3v) is 10.7. The van der Waals surface area contributed by atoms with Crippen LogP contribution in [-0.2, 0) is 0 Å². The highest BCUT2D eigenvalue weighted by atomic mass is 15.3. The van der Waals surface area contributed by atoms with Gasteiger partial charge in [-0.1, -0.05) is 133 Å². The molecule has 0 N–H and O–H groups in total. The van der Waals surface area contributed by atoms with Gasteiger partial charge in [-0.15, -0.1) is 0 Å². The number of fused-ring (bicyclic) bond motifs is 12. The summed E-state index contributed by atoms with van der Waals surface area (Å²) in [6.07, 6.45) is 0. The predicted octanol–water partition coefficient (Wildman–Crippen LogP) is 11.4. The van der Waals surface area contributed by atoms with Gasteiger partial charge in [-0.2, -0.15) is 0 Å². The van der Waals surface area contributed by atoms with E-state index in [1.807, 2.05) is 0 Å². The fraction of sp³-hybridized carbons (Fsp3) is 0.0435. The fourth-order valence-electron chi connectivity index (χ4n) is 8.69. The van der Waals surface area contributed by atoms with Crippen LogP contribution >= 0.6 is 0 Å². The first-order valence-electron chi connectivity index (χ1n) is 17.3. The highest BCUT2D eigenvalue weighted by Gasteiger charge is 2.49. The summed E-state index contributed by atoms with van der Waals surface area (Å²) in [7, 11) is 0. The quantitative estimate of drug-likeness (QED) is 0.193. The van der Waals surface area contributed by atoms with E-state index >= 15 is 0 Å². The first-order valence-corrected chi connectivity index (χ1v) is 17.3. The van der Waals surface area contributed by atoms with Gasteiger partial charge in [-0.3, -0.25) is 0 Å². The lowest BCUT2D eigenvalue weighted by molar-refractivity contribution is 0.614. The third-order valence-electron chi connectivity index (χ3n) is 10.7. The van der Waals surface area contributed by atoms with E-state index in [1.54, 1.807) is 0 Å². The number of nitrogens with zero attached hydrogens (tertiary/aromatic N) is 4. The Labute approximate surface area is 289 Å². The number of hydrogen-bond acceptors (Lipinski definition) is 3. The number of aromatic nitrogens is 3. The Morgan fingerprint density at radius 3 is 2.12 bits per heavy atom. The minimum Gasteiger partial charge on any atom is -0.311 e. The molecule has 0 bridgehead atoms. The molecule has 7 aromatic carbocycles. The normalized spacial score (nSPS) is 16.0. The maximum absolute atomic E-state index is 5.54. The molecule has 0 fully saturated rings. The first-order chi connectivity index (χ1) is 24.8. The average molecular weight is 639 g/mol. The molecule has 0 saturated heterocycles. The van der Waals surface area contributed by atoms with Gasteiger partial charge >= 0.3 is 0 Å². The van der Waals surface area contributed by atoms with Gasteiger partial charge in [0.1, 0.15) is 0 Å². The van der Waals surface area contributed by atoms with Crippen molar-refractivity contribution in [3.8, 4) is 28.1 Å². The van der Waals surface area contributed by atoms with Crippen LogP contribution in [0.2, 0.25) is 0 Å². The second-order valence-electron chi connectivity index (χ2n) is 13.3. The molecule has 0 radical (unpaired) electrons. The summed E-state index contributed by atoms with van der Waals surface area (Å²) in [6, 6.07) is 61.0. The molecule has 9 aromatic rings. The molecule has 3 heterocycles. The highest BCUT2D eigenvalue weighted by molar-refractivity contribution is 6.03. The van der Waals surface area contributed by atoms with E-state index in [1.165, 1.54) is 49.6 Å². The van der Waals surface area contributed by atoms with Gasteiger partial charge in [0, 0.05) is 39.2 Å². The zero-order chi connectivity index (χ0) is 32.8. The van der Waals surface area contributed by atoms with Crippen molar-refractivity contribution < 1.29 is 0 Å². The van der Waals surface area contributed by atoms with Gasteiger partial charge in [0.15, 0.2) is 0 Å². The number of rotatable bonds is 3. The summed E-state index contributed by atoms with van der Waals surface area (Å²) in [4.78, 5) is 13.4. The van der Waals surface area contributed by atoms with Gasteiger partial charge in [-0.05, 0) is 63.9 Å². The average Bonchev–Trinajstić information content (AvgIpc) is 3.72. The van der Waals surface area contributed by atoms with E-state index in [9.17, 15) is 0 Å². The standard InChI is InChI=1S/C46H30N4/c1-2-16-32(17-3-1)49-39-24-12-9-21-36(39)41-33-18-6-7-19-34(33)42-37-22-10-13-25-40(37)50(45(42)44(41)49)46-47-38-23-11-8-20-35(38)43(48-46)31-27-26-29-14-4-5-15-30(29)28-31/h1-28,42,45H. The van der Waals surface area contributed by atoms with Crippen molar-refractivity contribution in [3.63, 3.8) is 0 Å². The Bertz CT molecular complexity index is 2760. The number of benzene rings is 7. The SMILES string of the molecule is c1ccc(-n2c3c(c4ccccc42)-c2ccccc2C2c4ccccc4N(c4nc(-c5ccc6ccccc6c5)c5ccccc5n4)C32)cc1. The molecule has 11 rings (SSSR count). The molecule has 2 atom stereocenters. The van der Waals surface area contributed by atoms with Crippen molar-refractivity contribution in [3.05, 3.63) is 187 Å². The number of para-hydroxylation sites is 4. The Balaban J connectivity index is 1.24. The Morgan fingerprint density at radius 1 is 0.520 bits per heavy atom. The summed E-state index contributed by atoms with van der Waals surface area (Å²) < 4.78 is 2.49. The maximum Gasteiger partial charge on any atom is 0.231 e. The molecule has 2 aromatic heterocycles. The first kappa shape index (κ1) is 27.4. The smallest absolute Gasteiger partial charge is 0.231 e. The molecule has 2 aliphatic rings. The molecule has 1 aliphatic heterocycles. The largest absolute Gasteiger partial charge is 0.311 e. The zero-order valence-corrected chi connectivity index (χ0v) is 27.1. The monoisotopic (exact) mass is 638 g/mol. The Kier molecular flexibility index (Phi) is 5.75. The van der Waals surface area contributed by atoms with E-state index in [-0.39, 0.29) is 12.0 Å². The molecule has 234 valence electrons. The van der Waals surface area contributed by atoms with Crippen LogP contribution in [0, 0.1) is 0 Å². The summed E-state index contributed by atoms with van der Waals surface area (Å²) in [5.41, 5.74) is 12.9. The van der Waals surface area contributed by atoms with Crippen LogP contribution in [0.4, 0.5) is 11.6 Å². The van der Waals surface area contributed by atoms with Gasteiger partial charge in [0.25, 0.3) is 0 Å². The van der Waals surface area contributed by atoms with E-state index in [0.717, 1.165) is 33.5 Å². The Morgan fingerprint density at radius 2 is 1.22 bits per heavy atom. The molecule has 4 heteroatoms.